The minimum absolute atomic E-state index is 0.0100. The smallest absolute Gasteiger partial charge is 0.433 e. The lowest BCUT2D eigenvalue weighted by atomic mass is 9.93. The Labute approximate surface area is 178 Å². The number of aryl methyl sites for hydroxylation is 1. The van der Waals surface area contributed by atoms with Gasteiger partial charge in [-0.15, -0.1) is 0 Å². The van der Waals surface area contributed by atoms with Crippen molar-refractivity contribution in [3.63, 3.8) is 0 Å². The van der Waals surface area contributed by atoms with E-state index in [0.717, 1.165) is 12.3 Å². The molecule has 1 amide bonds. The van der Waals surface area contributed by atoms with Crippen molar-refractivity contribution < 1.29 is 27.4 Å². The summed E-state index contributed by atoms with van der Waals surface area (Å²) < 4.78 is 49.3. The number of ether oxygens (including phenoxy) is 2. The van der Waals surface area contributed by atoms with Crippen LogP contribution in [0.15, 0.2) is 24.5 Å². The van der Waals surface area contributed by atoms with E-state index >= 15 is 0 Å². The van der Waals surface area contributed by atoms with Crippen LogP contribution in [0.2, 0.25) is 0 Å². The third kappa shape index (κ3) is 6.05. The molecule has 2 aromatic heterocycles. The quantitative estimate of drug-likeness (QED) is 0.663. The summed E-state index contributed by atoms with van der Waals surface area (Å²) in [7, 11) is 0. The molecule has 0 aliphatic carbocycles. The van der Waals surface area contributed by atoms with Gasteiger partial charge in [0, 0.05) is 25.2 Å². The zero-order valence-electron chi connectivity index (χ0n) is 17.9. The maximum Gasteiger partial charge on any atom is 0.433 e. The molecule has 0 N–H and O–H groups in total. The van der Waals surface area contributed by atoms with E-state index in [9.17, 15) is 18.0 Å². The van der Waals surface area contributed by atoms with Crippen LogP contribution in [-0.4, -0.2) is 44.6 Å². The largest absolute Gasteiger partial charge is 0.444 e. The molecule has 1 saturated heterocycles. The molecule has 0 unspecified atom stereocenters. The summed E-state index contributed by atoms with van der Waals surface area (Å²) in [5, 5.41) is 0. The molecule has 10 heteroatoms. The fourth-order valence-corrected chi connectivity index (χ4v) is 3.20. The lowest BCUT2D eigenvalue weighted by molar-refractivity contribution is -0.141. The number of hydrogen-bond donors (Lipinski definition) is 0. The first kappa shape index (κ1) is 22.8. The second kappa shape index (κ2) is 8.68. The normalized spacial score (nSPS) is 15.6. The Morgan fingerprint density at radius 1 is 1.10 bits per heavy atom. The number of pyridine rings is 1. The first-order valence-corrected chi connectivity index (χ1v) is 9.95. The van der Waals surface area contributed by atoms with Crippen LogP contribution < -0.4 is 4.74 Å². The number of nitrogens with zero attached hydrogens (tertiary/aromatic N) is 4. The van der Waals surface area contributed by atoms with Gasteiger partial charge in [0.1, 0.15) is 22.7 Å². The van der Waals surface area contributed by atoms with Crippen molar-refractivity contribution in [1.82, 2.24) is 19.9 Å². The molecule has 0 atom stereocenters. The minimum atomic E-state index is -4.52. The number of rotatable bonds is 3. The van der Waals surface area contributed by atoms with E-state index in [-0.39, 0.29) is 23.6 Å². The number of piperidine rings is 1. The Balaban J connectivity index is 1.72. The van der Waals surface area contributed by atoms with Gasteiger partial charge in [-0.05, 0) is 52.7 Å². The standard InChI is InChI=1S/C21H25F3N4O3/c1-13-11-26-17(14-7-9-28(10-8-14)19(29)31-20(2,3)4)18(27-13)30-15-5-6-16(25-12-15)21(22,23)24/h5-6,11-12,14H,7-10H2,1-4H3. The molecule has 168 valence electrons. The molecule has 0 bridgehead atoms. The number of likely N-dealkylation sites (tertiary alicyclic amines) is 1. The highest BCUT2D eigenvalue weighted by molar-refractivity contribution is 5.68. The molecule has 0 aromatic carbocycles. The third-order valence-electron chi connectivity index (χ3n) is 4.66. The molecule has 1 aliphatic rings. The summed E-state index contributed by atoms with van der Waals surface area (Å²) in [5.41, 5.74) is -0.336. The topological polar surface area (TPSA) is 77.4 Å². The zero-order valence-corrected chi connectivity index (χ0v) is 17.9. The summed E-state index contributed by atoms with van der Waals surface area (Å²) in [6.45, 7) is 8.20. The highest BCUT2D eigenvalue weighted by atomic mass is 19.4. The molecule has 0 radical (unpaired) electrons. The van der Waals surface area contributed by atoms with Gasteiger partial charge < -0.3 is 14.4 Å². The Bertz CT molecular complexity index is 919. The molecular weight excluding hydrogens is 413 g/mol. The molecule has 1 fully saturated rings. The van der Waals surface area contributed by atoms with E-state index in [1.165, 1.54) is 6.07 Å². The molecule has 7 nitrogen and oxygen atoms in total. The lowest BCUT2D eigenvalue weighted by Crippen LogP contribution is -2.41. The first-order chi connectivity index (χ1) is 14.4. The third-order valence-corrected chi connectivity index (χ3v) is 4.66. The summed E-state index contributed by atoms with van der Waals surface area (Å²) in [4.78, 5) is 26.2. The fourth-order valence-electron chi connectivity index (χ4n) is 3.20. The fraction of sp³-hybridized carbons (Fsp3) is 0.524. The summed E-state index contributed by atoms with van der Waals surface area (Å²) >= 11 is 0. The van der Waals surface area contributed by atoms with Gasteiger partial charge in [-0.25, -0.2) is 14.8 Å². The number of hydrogen-bond acceptors (Lipinski definition) is 6. The van der Waals surface area contributed by atoms with Crippen molar-refractivity contribution in [2.24, 2.45) is 0 Å². The van der Waals surface area contributed by atoms with Crippen molar-refractivity contribution >= 4 is 6.09 Å². The van der Waals surface area contributed by atoms with Gasteiger partial charge in [0.25, 0.3) is 0 Å². The van der Waals surface area contributed by atoms with Crippen LogP contribution in [0.4, 0.5) is 18.0 Å². The second-order valence-corrected chi connectivity index (χ2v) is 8.42. The molecule has 0 spiro atoms. The molecular formula is C21H25F3N4O3. The first-order valence-electron chi connectivity index (χ1n) is 9.95. The van der Waals surface area contributed by atoms with Crippen molar-refractivity contribution in [3.05, 3.63) is 41.6 Å². The molecule has 0 saturated carbocycles. The van der Waals surface area contributed by atoms with E-state index in [1.54, 1.807) is 18.0 Å². The number of carbonyl (C=O) groups excluding carboxylic acids is 1. The maximum atomic E-state index is 12.7. The maximum absolute atomic E-state index is 12.7. The van der Waals surface area contributed by atoms with Crippen LogP contribution in [0.5, 0.6) is 11.6 Å². The summed E-state index contributed by atoms with van der Waals surface area (Å²) in [6.07, 6.45) is -0.963. The molecule has 1 aliphatic heterocycles. The Morgan fingerprint density at radius 2 is 1.77 bits per heavy atom. The predicted molar refractivity (Wildman–Crippen MR) is 106 cm³/mol. The average molecular weight is 438 g/mol. The molecule has 31 heavy (non-hydrogen) atoms. The highest BCUT2D eigenvalue weighted by Gasteiger charge is 2.33. The number of aromatic nitrogens is 3. The van der Waals surface area contributed by atoms with Gasteiger partial charge >= 0.3 is 12.3 Å². The summed E-state index contributed by atoms with van der Waals surface area (Å²) in [6, 6.07) is 2.06. The number of halogens is 3. The van der Waals surface area contributed by atoms with Crippen molar-refractivity contribution in [2.45, 2.75) is 58.2 Å². The van der Waals surface area contributed by atoms with Crippen LogP contribution in [0.25, 0.3) is 0 Å². The summed E-state index contributed by atoms with van der Waals surface area (Å²) in [5.74, 6) is 0.363. The SMILES string of the molecule is Cc1cnc(C2CCN(C(=O)OC(C)(C)C)CC2)c(Oc2ccc(C(F)(F)F)nc2)n1. The van der Waals surface area contributed by atoms with Gasteiger partial charge in [-0.3, -0.25) is 4.98 Å². The molecule has 3 heterocycles. The highest BCUT2D eigenvalue weighted by Crippen LogP contribution is 2.35. The van der Waals surface area contributed by atoms with Crippen LogP contribution >= 0.6 is 0 Å². The van der Waals surface area contributed by atoms with E-state index in [0.29, 0.717) is 37.3 Å². The van der Waals surface area contributed by atoms with E-state index in [1.807, 2.05) is 20.8 Å². The van der Waals surface area contributed by atoms with E-state index in [2.05, 4.69) is 15.0 Å². The molecule has 3 rings (SSSR count). The number of carbonyl (C=O) groups is 1. The van der Waals surface area contributed by atoms with E-state index < -0.39 is 17.5 Å². The van der Waals surface area contributed by atoms with Crippen LogP contribution in [-0.2, 0) is 10.9 Å². The Morgan fingerprint density at radius 3 is 2.32 bits per heavy atom. The van der Waals surface area contributed by atoms with Crippen molar-refractivity contribution in [3.8, 4) is 11.6 Å². The predicted octanol–water partition coefficient (Wildman–Crippen LogP) is 5.11. The Hall–Kier alpha value is -2.91. The van der Waals surface area contributed by atoms with Crippen LogP contribution in [0, 0.1) is 6.92 Å². The molecule has 2 aromatic rings. The van der Waals surface area contributed by atoms with Gasteiger partial charge in [0.05, 0.1) is 11.9 Å². The van der Waals surface area contributed by atoms with Gasteiger partial charge in [-0.2, -0.15) is 13.2 Å². The van der Waals surface area contributed by atoms with Gasteiger partial charge in [0.15, 0.2) is 0 Å². The van der Waals surface area contributed by atoms with E-state index in [4.69, 9.17) is 9.47 Å². The van der Waals surface area contributed by atoms with Gasteiger partial charge in [-0.1, -0.05) is 0 Å². The van der Waals surface area contributed by atoms with Gasteiger partial charge in [0.2, 0.25) is 5.88 Å². The lowest BCUT2D eigenvalue weighted by Gasteiger charge is -2.33. The van der Waals surface area contributed by atoms with Crippen molar-refractivity contribution in [2.75, 3.05) is 13.1 Å². The number of amides is 1. The average Bonchev–Trinajstić information content (AvgIpc) is 2.67. The zero-order chi connectivity index (χ0) is 22.8. The van der Waals surface area contributed by atoms with Crippen molar-refractivity contribution in [1.29, 1.82) is 0 Å². The van der Waals surface area contributed by atoms with Crippen LogP contribution in [0.3, 0.4) is 0 Å². The number of alkyl halides is 3. The van der Waals surface area contributed by atoms with Crippen LogP contribution in [0.1, 0.15) is 56.6 Å². The Kier molecular flexibility index (Phi) is 6.38. The second-order valence-electron chi connectivity index (χ2n) is 8.42. The monoisotopic (exact) mass is 438 g/mol. The minimum Gasteiger partial charge on any atom is -0.444 e.